The van der Waals surface area contributed by atoms with Crippen molar-refractivity contribution in [3.8, 4) is 34.8 Å². The Labute approximate surface area is 176 Å². The van der Waals surface area contributed by atoms with Gasteiger partial charge in [-0.15, -0.1) is 0 Å². The van der Waals surface area contributed by atoms with Gasteiger partial charge >= 0.3 is 0 Å². The van der Waals surface area contributed by atoms with E-state index in [2.05, 4.69) is 6.07 Å². The predicted molar refractivity (Wildman–Crippen MR) is 113 cm³/mol. The zero-order valence-electron chi connectivity index (χ0n) is 17.1. The highest BCUT2D eigenvalue weighted by Gasteiger charge is 2.26. The Balaban J connectivity index is 1.75. The molecule has 0 spiro atoms. The summed E-state index contributed by atoms with van der Waals surface area (Å²) in [5, 5.41) is 18.5. The van der Waals surface area contributed by atoms with E-state index >= 15 is 0 Å². The summed E-state index contributed by atoms with van der Waals surface area (Å²) in [6, 6.07) is 17.2. The Hall–Kier alpha value is -3.77. The first kappa shape index (κ1) is 21.0. The molecular formula is C24H23N3O3. The Morgan fingerprint density at radius 1 is 1.17 bits per heavy atom. The summed E-state index contributed by atoms with van der Waals surface area (Å²) in [6.45, 7) is 2.74. The van der Waals surface area contributed by atoms with Gasteiger partial charge in [-0.1, -0.05) is 24.3 Å². The van der Waals surface area contributed by atoms with Gasteiger partial charge in [0.1, 0.15) is 29.2 Å². The van der Waals surface area contributed by atoms with Gasteiger partial charge in [0, 0.05) is 31.5 Å². The van der Waals surface area contributed by atoms with Crippen molar-refractivity contribution in [2.24, 2.45) is 0 Å². The van der Waals surface area contributed by atoms with Gasteiger partial charge in [-0.05, 0) is 36.8 Å². The normalized spacial score (nSPS) is 14.5. The van der Waals surface area contributed by atoms with Crippen LogP contribution in [0.5, 0.6) is 11.5 Å². The van der Waals surface area contributed by atoms with E-state index in [0.717, 1.165) is 16.9 Å². The van der Waals surface area contributed by atoms with E-state index in [4.69, 9.17) is 14.7 Å². The molecule has 2 aromatic rings. The van der Waals surface area contributed by atoms with Crippen LogP contribution in [-0.4, -0.2) is 37.1 Å². The third-order valence-corrected chi connectivity index (χ3v) is 5.13. The SMILES string of the molecule is C/C=C(\C#N)C(=O)N1CCC(Oc2cc(C#N)cc(-c3ccccc3OC)c2)CC1. The molecule has 0 unspecified atom stereocenters. The number of para-hydroxylation sites is 1. The molecule has 0 aromatic heterocycles. The molecule has 0 radical (unpaired) electrons. The molecule has 1 heterocycles. The fourth-order valence-electron chi connectivity index (χ4n) is 3.55. The topological polar surface area (TPSA) is 86.4 Å². The number of nitrogens with zero attached hydrogens (tertiary/aromatic N) is 3. The quantitative estimate of drug-likeness (QED) is 0.557. The van der Waals surface area contributed by atoms with Crippen molar-refractivity contribution < 1.29 is 14.3 Å². The largest absolute Gasteiger partial charge is 0.496 e. The third kappa shape index (κ3) is 4.61. The van der Waals surface area contributed by atoms with Crippen molar-refractivity contribution in [3.05, 3.63) is 59.7 Å². The van der Waals surface area contributed by atoms with Crippen LogP contribution in [0.15, 0.2) is 54.1 Å². The highest BCUT2D eigenvalue weighted by atomic mass is 16.5. The molecule has 0 atom stereocenters. The highest BCUT2D eigenvalue weighted by molar-refractivity contribution is 5.97. The number of methoxy groups -OCH3 is 1. The van der Waals surface area contributed by atoms with Gasteiger partial charge < -0.3 is 14.4 Å². The average Bonchev–Trinajstić information content (AvgIpc) is 2.80. The molecule has 6 nitrogen and oxygen atoms in total. The molecule has 30 heavy (non-hydrogen) atoms. The van der Waals surface area contributed by atoms with Crippen LogP contribution in [0.4, 0.5) is 0 Å². The van der Waals surface area contributed by atoms with E-state index in [0.29, 0.717) is 37.2 Å². The molecule has 6 heteroatoms. The summed E-state index contributed by atoms with van der Waals surface area (Å²) in [7, 11) is 1.62. The van der Waals surface area contributed by atoms with Crippen LogP contribution in [0, 0.1) is 22.7 Å². The lowest BCUT2D eigenvalue weighted by atomic mass is 10.0. The van der Waals surface area contributed by atoms with Crippen LogP contribution >= 0.6 is 0 Å². The minimum atomic E-state index is -0.233. The van der Waals surface area contributed by atoms with Crippen LogP contribution in [-0.2, 0) is 4.79 Å². The van der Waals surface area contributed by atoms with Gasteiger partial charge in [0.25, 0.3) is 5.91 Å². The van der Waals surface area contributed by atoms with Crippen molar-refractivity contribution in [3.63, 3.8) is 0 Å². The van der Waals surface area contributed by atoms with Crippen LogP contribution in [0.2, 0.25) is 0 Å². The van der Waals surface area contributed by atoms with Crippen molar-refractivity contribution in [2.45, 2.75) is 25.9 Å². The molecule has 152 valence electrons. The smallest absolute Gasteiger partial charge is 0.264 e. The number of hydrogen-bond acceptors (Lipinski definition) is 5. The third-order valence-electron chi connectivity index (χ3n) is 5.13. The van der Waals surface area contributed by atoms with Crippen molar-refractivity contribution in [1.29, 1.82) is 10.5 Å². The van der Waals surface area contributed by atoms with Crippen LogP contribution in [0.3, 0.4) is 0 Å². The summed E-state index contributed by atoms with van der Waals surface area (Å²) in [5.74, 6) is 1.11. The van der Waals surface area contributed by atoms with E-state index in [1.165, 1.54) is 6.08 Å². The number of piperidine rings is 1. The second-order valence-electron chi connectivity index (χ2n) is 6.98. The molecule has 0 saturated carbocycles. The summed E-state index contributed by atoms with van der Waals surface area (Å²) < 4.78 is 11.6. The first-order valence-corrected chi connectivity index (χ1v) is 9.80. The lowest BCUT2D eigenvalue weighted by Gasteiger charge is -2.32. The summed E-state index contributed by atoms with van der Waals surface area (Å²) in [5.41, 5.74) is 2.41. The van der Waals surface area contributed by atoms with E-state index in [-0.39, 0.29) is 17.6 Å². The Kier molecular flexibility index (Phi) is 6.72. The fourth-order valence-corrected chi connectivity index (χ4v) is 3.55. The number of carbonyl (C=O) groups excluding carboxylic acids is 1. The van der Waals surface area contributed by atoms with Gasteiger partial charge in [0.2, 0.25) is 0 Å². The number of hydrogen-bond donors (Lipinski definition) is 0. The summed E-state index contributed by atoms with van der Waals surface area (Å²) >= 11 is 0. The number of likely N-dealkylation sites (tertiary alicyclic amines) is 1. The molecule has 0 N–H and O–H groups in total. The minimum absolute atomic E-state index is 0.0651. The molecule has 1 saturated heterocycles. The number of allylic oxidation sites excluding steroid dienone is 1. The second kappa shape index (κ2) is 9.62. The van der Waals surface area contributed by atoms with Gasteiger partial charge in [-0.2, -0.15) is 10.5 Å². The van der Waals surface area contributed by atoms with Crippen LogP contribution in [0.25, 0.3) is 11.1 Å². The van der Waals surface area contributed by atoms with Gasteiger partial charge in [0.05, 0.1) is 18.7 Å². The molecule has 3 rings (SSSR count). The first-order valence-electron chi connectivity index (χ1n) is 9.80. The van der Waals surface area contributed by atoms with Crippen molar-refractivity contribution >= 4 is 5.91 Å². The predicted octanol–water partition coefficient (Wildman–Crippen LogP) is 4.07. The highest BCUT2D eigenvalue weighted by Crippen LogP contribution is 2.33. The Bertz CT molecular complexity index is 1040. The zero-order chi connectivity index (χ0) is 21.5. The van der Waals surface area contributed by atoms with Gasteiger partial charge in [-0.25, -0.2) is 0 Å². The maximum absolute atomic E-state index is 12.3. The molecule has 0 aliphatic carbocycles. The van der Waals surface area contributed by atoms with E-state index < -0.39 is 0 Å². The molecular weight excluding hydrogens is 378 g/mol. The minimum Gasteiger partial charge on any atom is -0.496 e. The second-order valence-corrected chi connectivity index (χ2v) is 6.98. The maximum atomic E-state index is 12.3. The maximum Gasteiger partial charge on any atom is 0.264 e. The van der Waals surface area contributed by atoms with Crippen molar-refractivity contribution in [1.82, 2.24) is 4.90 Å². The lowest BCUT2D eigenvalue weighted by Crippen LogP contribution is -2.42. The van der Waals surface area contributed by atoms with Gasteiger partial charge in [0.15, 0.2) is 0 Å². The first-order chi connectivity index (χ1) is 14.6. The van der Waals surface area contributed by atoms with E-state index in [1.54, 1.807) is 25.0 Å². The molecule has 2 aromatic carbocycles. The Morgan fingerprint density at radius 2 is 1.90 bits per heavy atom. The van der Waals surface area contributed by atoms with E-state index in [1.807, 2.05) is 42.5 Å². The van der Waals surface area contributed by atoms with Crippen molar-refractivity contribution in [2.75, 3.05) is 20.2 Å². The number of ether oxygens (including phenoxy) is 2. The Morgan fingerprint density at radius 3 is 2.53 bits per heavy atom. The monoisotopic (exact) mass is 401 g/mol. The van der Waals surface area contributed by atoms with Crippen LogP contribution in [0.1, 0.15) is 25.3 Å². The number of benzene rings is 2. The number of nitriles is 2. The fraction of sp³-hybridized carbons (Fsp3) is 0.292. The number of carbonyl (C=O) groups is 1. The molecule has 1 aliphatic heterocycles. The molecule has 0 bridgehead atoms. The summed E-state index contributed by atoms with van der Waals surface area (Å²) in [6.07, 6.45) is 2.80. The molecule has 1 fully saturated rings. The number of amides is 1. The average molecular weight is 401 g/mol. The van der Waals surface area contributed by atoms with Gasteiger partial charge in [-0.3, -0.25) is 4.79 Å². The number of rotatable bonds is 5. The van der Waals surface area contributed by atoms with E-state index in [9.17, 15) is 10.1 Å². The molecule has 1 amide bonds. The lowest BCUT2D eigenvalue weighted by molar-refractivity contribution is -0.128. The van der Waals surface area contributed by atoms with Crippen LogP contribution < -0.4 is 9.47 Å². The standard InChI is InChI=1S/C24H23N3O3/c1-3-18(16-26)24(28)27-10-8-20(9-11-27)30-21-13-17(15-25)12-19(14-21)22-6-4-5-7-23(22)29-2/h3-7,12-14,20H,8-11H2,1-2H3/b18-3+. The molecule has 1 aliphatic rings. The zero-order valence-corrected chi connectivity index (χ0v) is 17.1. The summed E-state index contributed by atoms with van der Waals surface area (Å²) in [4.78, 5) is 14.0.